The molecule has 3 aromatic carbocycles. The lowest BCUT2D eigenvalue weighted by Crippen LogP contribution is -1.78. The van der Waals surface area contributed by atoms with Gasteiger partial charge in [-0.1, -0.05) is 48.5 Å². The Hall–Kier alpha value is -2.54. The molecular formula is C18H11O. The second-order valence-electron chi connectivity index (χ2n) is 4.57. The molecule has 0 fully saturated rings. The zero-order valence-corrected chi connectivity index (χ0v) is 10.3. The van der Waals surface area contributed by atoms with Crippen LogP contribution in [0.15, 0.2) is 71.1 Å². The molecule has 4 aromatic rings. The van der Waals surface area contributed by atoms with E-state index in [0.717, 1.165) is 16.6 Å². The molecule has 1 heteroatoms. The topological polar surface area (TPSA) is 13.1 Å². The summed E-state index contributed by atoms with van der Waals surface area (Å²) in [5.41, 5.74) is 4.23. The Kier molecular flexibility index (Phi) is 2.18. The molecule has 89 valence electrons. The molecule has 1 radical (unpaired) electrons. The maximum absolute atomic E-state index is 5.90. The van der Waals surface area contributed by atoms with Crippen LogP contribution in [-0.4, -0.2) is 0 Å². The number of benzene rings is 3. The summed E-state index contributed by atoms with van der Waals surface area (Å²) in [7, 11) is 0. The van der Waals surface area contributed by atoms with Gasteiger partial charge in [-0.15, -0.1) is 0 Å². The van der Waals surface area contributed by atoms with Crippen LogP contribution < -0.4 is 0 Å². The van der Waals surface area contributed by atoms with Crippen LogP contribution in [0.2, 0.25) is 0 Å². The summed E-state index contributed by atoms with van der Waals surface area (Å²) < 4.78 is 5.90. The SMILES string of the molecule is [c]1cccc(-c2cccc3oc4ccccc4c23)c1. The molecule has 1 heterocycles. The van der Waals surface area contributed by atoms with Gasteiger partial charge < -0.3 is 4.42 Å². The van der Waals surface area contributed by atoms with Crippen molar-refractivity contribution in [1.82, 2.24) is 0 Å². The van der Waals surface area contributed by atoms with Crippen LogP contribution in [0.25, 0.3) is 33.1 Å². The zero-order chi connectivity index (χ0) is 12.7. The van der Waals surface area contributed by atoms with Gasteiger partial charge in [-0.2, -0.15) is 0 Å². The van der Waals surface area contributed by atoms with E-state index in [4.69, 9.17) is 4.42 Å². The molecule has 19 heavy (non-hydrogen) atoms. The molecular weight excluding hydrogens is 232 g/mol. The van der Waals surface area contributed by atoms with Crippen molar-refractivity contribution in [1.29, 1.82) is 0 Å². The fourth-order valence-corrected chi connectivity index (χ4v) is 2.58. The van der Waals surface area contributed by atoms with Gasteiger partial charge in [0.2, 0.25) is 0 Å². The van der Waals surface area contributed by atoms with Gasteiger partial charge in [0.15, 0.2) is 0 Å². The van der Waals surface area contributed by atoms with Gasteiger partial charge in [-0.25, -0.2) is 0 Å². The van der Waals surface area contributed by atoms with Crippen molar-refractivity contribution >= 4 is 21.9 Å². The summed E-state index contributed by atoms with van der Waals surface area (Å²) in [6.07, 6.45) is 0. The van der Waals surface area contributed by atoms with E-state index in [2.05, 4.69) is 24.3 Å². The quantitative estimate of drug-likeness (QED) is 0.455. The van der Waals surface area contributed by atoms with Gasteiger partial charge >= 0.3 is 0 Å². The lowest BCUT2D eigenvalue weighted by molar-refractivity contribution is 0.669. The van der Waals surface area contributed by atoms with Crippen LogP contribution in [0.4, 0.5) is 0 Å². The van der Waals surface area contributed by atoms with E-state index < -0.39 is 0 Å². The highest BCUT2D eigenvalue weighted by molar-refractivity contribution is 6.12. The summed E-state index contributed by atoms with van der Waals surface area (Å²) in [6, 6.07) is 25.5. The Bertz CT molecular complexity index is 857. The van der Waals surface area contributed by atoms with Crippen LogP contribution in [0, 0.1) is 6.07 Å². The summed E-state index contributed by atoms with van der Waals surface area (Å²) in [5.74, 6) is 0. The number of hydrogen-bond acceptors (Lipinski definition) is 1. The molecule has 1 aromatic heterocycles. The van der Waals surface area contributed by atoms with Gasteiger partial charge in [0.25, 0.3) is 0 Å². The van der Waals surface area contributed by atoms with Crippen molar-refractivity contribution in [3.8, 4) is 11.1 Å². The summed E-state index contributed by atoms with van der Waals surface area (Å²) in [6.45, 7) is 0. The Morgan fingerprint density at radius 1 is 0.789 bits per heavy atom. The van der Waals surface area contributed by atoms with Crippen molar-refractivity contribution in [2.24, 2.45) is 0 Å². The van der Waals surface area contributed by atoms with E-state index in [1.807, 2.05) is 48.5 Å². The molecule has 0 atom stereocenters. The second kappa shape index (κ2) is 3.99. The average Bonchev–Trinajstić information content (AvgIpc) is 2.86. The highest BCUT2D eigenvalue weighted by atomic mass is 16.3. The maximum Gasteiger partial charge on any atom is 0.136 e. The second-order valence-corrected chi connectivity index (χ2v) is 4.57. The zero-order valence-electron chi connectivity index (χ0n) is 10.3. The van der Waals surface area contributed by atoms with Gasteiger partial charge in [-0.3, -0.25) is 0 Å². The number of hydrogen-bond donors (Lipinski definition) is 0. The molecule has 0 bridgehead atoms. The highest BCUT2D eigenvalue weighted by Gasteiger charge is 2.11. The van der Waals surface area contributed by atoms with E-state index in [1.54, 1.807) is 0 Å². The third kappa shape index (κ3) is 1.55. The number of para-hydroxylation sites is 1. The largest absolute Gasteiger partial charge is 0.456 e. The van der Waals surface area contributed by atoms with Crippen LogP contribution in [0.3, 0.4) is 0 Å². The van der Waals surface area contributed by atoms with Crippen molar-refractivity contribution < 1.29 is 4.42 Å². The van der Waals surface area contributed by atoms with Gasteiger partial charge in [0.1, 0.15) is 11.2 Å². The first kappa shape index (κ1) is 10.4. The van der Waals surface area contributed by atoms with Crippen LogP contribution >= 0.6 is 0 Å². The molecule has 0 saturated carbocycles. The van der Waals surface area contributed by atoms with E-state index in [0.29, 0.717) is 0 Å². The molecule has 0 unspecified atom stereocenters. The summed E-state index contributed by atoms with van der Waals surface area (Å²) in [5, 5.41) is 2.34. The molecule has 0 aliphatic rings. The van der Waals surface area contributed by atoms with Crippen molar-refractivity contribution in [3.05, 3.63) is 72.8 Å². The van der Waals surface area contributed by atoms with Gasteiger partial charge in [0.05, 0.1) is 0 Å². The minimum atomic E-state index is 0.933. The molecule has 1 nitrogen and oxygen atoms in total. The standard InChI is InChI=1S/C18H11O/c1-2-7-13(8-3-1)14-10-6-12-17-18(14)15-9-4-5-11-16(15)19-17/h1-2,4-12H. The first-order valence-corrected chi connectivity index (χ1v) is 6.30. The van der Waals surface area contributed by atoms with Crippen molar-refractivity contribution in [2.75, 3.05) is 0 Å². The first-order chi connectivity index (χ1) is 9.43. The Labute approximate surface area is 111 Å². The fourth-order valence-electron chi connectivity index (χ4n) is 2.58. The Balaban J connectivity index is 2.17. The van der Waals surface area contributed by atoms with E-state index in [9.17, 15) is 0 Å². The Morgan fingerprint density at radius 3 is 2.58 bits per heavy atom. The third-order valence-corrected chi connectivity index (χ3v) is 3.42. The monoisotopic (exact) mass is 243 g/mol. The molecule has 0 spiro atoms. The molecule has 0 N–H and O–H groups in total. The first-order valence-electron chi connectivity index (χ1n) is 6.30. The van der Waals surface area contributed by atoms with E-state index in [-0.39, 0.29) is 0 Å². The van der Waals surface area contributed by atoms with Crippen molar-refractivity contribution in [3.63, 3.8) is 0 Å². The average molecular weight is 243 g/mol. The molecule has 0 amide bonds. The molecule has 0 aliphatic heterocycles. The fraction of sp³-hybridized carbons (Fsp3) is 0. The smallest absolute Gasteiger partial charge is 0.136 e. The molecule has 0 saturated heterocycles. The normalized spacial score (nSPS) is 11.2. The van der Waals surface area contributed by atoms with Crippen LogP contribution in [0.1, 0.15) is 0 Å². The van der Waals surface area contributed by atoms with Crippen LogP contribution in [0.5, 0.6) is 0 Å². The third-order valence-electron chi connectivity index (χ3n) is 3.42. The van der Waals surface area contributed by atoms with Gasteiger partial charge in [-0.05, 0) is 35.4 Å². The van der Waals surface area contributed by atoms with E-state index >= 15 is 0 Å². The lowest BCUT2D eigenvalue weighted by atomic mass is 10.00. The highest BCUT2D eigenvalue weighted by Crippen LogP contribution is 2.36. The minimum Gasteiger partial charge on any atom is -0.456 e. The van der Waals surface area contributed by atoms with Gasteiger partial charge in [0, 0.05) is 10.8 Å². The minimum absolute atomic E-state index is 0.933. The number of furan rings is 1. The lowest BCUT2D eigenvalue weighted by Gasteiger charge is -2.02. The number of fused-ring (bicyclic) bond motifs is 3. The number of rotatable bonds is 1. The van der Waals surface area contributed by atoms with Crippen LogP contribution in [-0.2, 0) is 0 Å². The van der Waals surface area contributed by atoms with Crippen molar-refractivity contribution in [2.45, 2.75) is 0 Å². The maximum atomic E-state index is 5.90. The summed E-state index contributed by atoms with van der Waals surface area (Å²) >= 11 is 0. The van der Waals surface area contributed by atoms with E-state index in [1.165, 1.54) is 16.5 Å². The molecule has 4 rings (SSSR count). The predicted octanol–water partition coefficient (Wildman–Crippen LogP) is 5.05. The summed E-state index contributed by atoms with van der Waals surface area (Å²) in [4.78, 5) is 0. The predicted molar refractivity (Wildman–Crippen MR) is 78.0 cm³/mol. The molecule has 0 aliphatic carbocycles. The Morgan fingerprint density at radius 2 is 1.68 bits per heavy atom.